The van der Waals surface area contributed by atoms with Crippen LogP contribution in [0.4, 0.5) is 5.69 Å². The fraction of sp³-hybridized carbons (Fsp3) is 0.273. The molecule has 0 saturated carbocycles. The Kier molecular flexibility index (Phi) is 2.67. The third kappa shape index (κ3) is 2.04. The highest BCUT2D eigenvalue weighted by atomic mass is 35.5. The molecule has 0 atom stereocenters. The van der Waals surface area contributed by atoms with Crippen molar-refractivity contribution in [3.05, 3.63) is 35.9 Å². The maximum atomic E-state index is 3.45. The molecule has 1 nitrogen and oxygen atoms in total. The lowest BCUT2D eigenvalue weighted by molar-refractivity contribution is 0.711. The molecule has 13 heavy (non-hydrogen) atoms. The molecule has 1 aliphatic rings. The molecular weight excluding hydrogens is 182 g/mol. The number of para-hydroxylation sites is 1. The van der Waals surface area contributed by atoms with Gasteiger partial charge < -0.3 is 5.32 Å². The first-order valence-corrected chi connectivity index (χ1v) is 4.24. The van der Waals surface area contributed by atoms with Crippen LogP contribution < -0.4 is 5.32 Å². The standard InChI is InChI=1S/C11H13N.ClH/c1-11(2)8-7-9-5-3-4-6-10(9)12-11;/h3-8,12H,1-2H3;1H. The van der Waals surface area contributed by atoms with Crippen LogP contribution in [0.25, 0.3) is 6.08 Å². The van der Waals surface area contributed by atoms with E-state index in [4.69, 9.17) is 0 Å². The number of anilines is 1. The van der Waals surface area contributed by atoms with Crippen molar-refractivity contribution in [3.8, 4) is 0 Å². The maximum Gasteiger partial charge on any atom is 0.0503 e. The number of hydrogen-bond donors (Lipinski definition) is 1. The van der Waals surface area contributed by atoms with Crippen LogP contribution in [-0.2, 0) is 0 Å². The lowest BCUT2D eigenvalue weighted by Crippen LogP contribution is -2.30. The van der Waals surface area contributed by atoms with Crippen molar-refractivity contribution in [2.45, 2.75) is 19.4 Å². The van der Waals surface area contributed by atoms with E-state index < -0.39 is 0 Å². The van der Waals surface area contributed by atoms with Crippen LogP contribution in [-0.4, -0.2) is 5.54 Å². The molecule has 1 N–H and O–H groups in total. The molecule has 0 saturated heterocycles. The third-order valence-electron chi connectivity index (χ3n) is 2.10. The topological polar surface area (TPSA) is 12.0 Å². The Hall–Kier alpha value is -0.950. The van der Waals surface area contributed by atoms with Crippen LogP contribution in [0.1, 0.15) is 19.4 Å². The second-order valence-electron chi connectivity index (χ2n) is 3.77. The minimum Gasteiger partial charge on any atom is -0.376 e. The Morgan fingerprint density at radius 2 is 1.85 bits per heavy atom. The molecule has 0 amide bonds. The fourth-order valence-electron chi connectivity index (χ4n) is 1.44. The fourth-order valence-corrected chi connectivity index (χ4v) is 1.44. The minimum atomic E-state index is 0. The van der Waals surface area contributed by atoms with Gasteiger partial charge in [-0.25, -0.2) is 0 Å². The molecule has 2 heteroatoms. The van der Waals surface area contributed by atoms with Crippen molar-refractivity contribution in [1.82, 2.24) is 0 Å². The number of rotatable bonds is 0. The molecule has 70 valence electrons. The molecule has 0 aromatic heterocycles. The lowest BCUT2D eigenvalue weighted by atomic mass is 9.97. The summed E-state index contributed by atoms with van der Waals surface area (Å²) in [5, 5.41) is 3.45. The molecule has 0 bridgehead atoms. The number of nitrogens with one attached hydrogen (secondary N) is 1. The third-order valence-corrected chi connectivity index (χ3v) is 2.10. The summed E-state index contributed by atoms with van der Waals surface area (Å²) in [7, 11) is 0. The van der Waals surface area contributed by atoms with Crippen molar-refractivity contribution in [2.75, 3.05) is 5.32 Å². The monoisotopic (exact) mass is 195 g/mol. The van der Waals surface area contributed by atoms with Gasteiger partial charge in [0.1, 0.15) is 0 Å². The second kappa shape index (κ2) is 3.43. The minimum absolute atomic E-state index is 0. The predicted octanol–water partition coefficient (Wildman–Crippen LogP) is 3.33. The molecule has 2 rings (SSSR count). The van der Waals surface area contributed by atoms with Gasteiger partial charge in [0.25, 0.3) is 0 Å². The number of halogens is 1. The average Bonchev–Trinajstić information content (AvgIpc) is 2.02. The van der Waals surface area contributed by atoms with E-state index in [0.29, 0.717) is 0 Å². The van der Waals surface area contributed by atoms with Crippen LogP contribution >= 0.6 is 12.4 Å². The van der Waals surface area contributed by atoms with Gasteiger partial charge in [-0.2, -0.15) is 0 Å². The zero-order valence-electron chi connectivity index (χ0n) is 7.87. The zero-order chi connectivity index (χ0) is 8.60. The molecular formula is C11H14ClN. The summed E-state index contributed by atoms with van der Waals surface area (Å²) < 4.78 is 0. The molecule has 0 unspecified atom stereocenters. The van der Waals surface area contributed by atoms with Crippen molar-refractivity contribution >= 4 is 24.2 Å². The second-order valence-corrected chi connectivity index (χ2v) is 3.77. The van der Waals surface area contributed by atoms with E-state index in [-0.39, 0.29) is 17.9 Å². The highest BCUT2D eigenvalue weighted by molar-refractivity contribution is 5.85. The predicted molar refractivity (Wildman–Crippen MR) is 60.4 cm³/mol. The Morgan fingerprint density at radius 1 is 1.15 bits per heavy atom. The zero-order valence-corrected chi connectivity index (χ0v) is 8.69. The molecule has 1 aliphatic heterocycles. The quantitative estimate of drug-likeness (QED) is 0.670. The lowest BCUT2D eigenvalue weighted by Gasteiger charge is -2.28. The van der Waals surface area contributed by atoms with Crippen LogP contribution in [0.3, 0.4) is 0 Å². The molecule has 0 fully saturated rings. The molecule has 0 spiro atoms. The Morgan fingerprint density at radius 3 is 2.62 bits per heavy atom. The molecule has 1 aromatic carbocycles. The summed E-state index contributed by atoms with van der Waals surface area (Å²) in [4.78, 5) is 0. The van der Waals surface area contributed by atoms with Gasteiger partial charge in [0.2, 0.25) is 0 Å². The van der Waals surface area contributed by atoms with Crippen LogP contribution in [0.2, 0.25) is 0 Å². The summed E-state index contributed by atoms with van der Waals surface area (Å²) in [5.74, 6) is 0. The largest absolute Gasteiger partial charge is 0.376 e. The molecule has 0 radical (unpaired) electrons. The van der Waals surface area contributed by atoms with E-state index in [2.05, 4.69) is 55.6 Å². The van der Waals surface area contributed by atoms with Crippen LogP contribution in [0.5, 0.6) is 0 Å². The first-order valence-electron chi connectivity index (χ1n) is 4.24. The van der Waals surface area contributed by atoms with Crippen molar-refractivity contribution < 1.29 is 0 Å². The van der Waals surface area contributed by atoms with Gasteiger partial charge in [-0.1, -0.05) is 30.4 Å². The van der Waals surface area contributed by atoms with Gasteiger partial charge in [0.15, 0.2) is 0 Å². The Bertz CT molecular complexity index is 329. The van der Waals surface area contributed by atoms with Gasteiger partial charge in [-0.05, 0) is 25.5 Å². The van der Waals surface area contributed by atoms with E-state index in [1.165, 1.54) is 11.3 Å². The highest BCUT2D eigenvalue weighted by Crippen LogP contribution is 2.27. The van der Waals surface area contributed by atoms with Crippen LogP contribution in [0, 0.1) is 0 Å². The van der Waals surface area contributed by atoms with Crippen LogP contribution in [0.15, 0.2) is 30.3 Å². The van der Waals surface area contributed by atoms with E-state index >= 15 is 0 Å². The van der Waals surface area contributed by atoms with Crippen molar-refractivity contribution in [3.63, 3.8) is 0 Å². The Balaban J connectivity index is 0.000000845. The maximum absolute atomic E-state index is 3.45. The normalized spacial score (nSPS) is 16.8. The summed E-state index contributed by atoms with van der Waals surface area (Å²) in [5.41, 5.74) is 2.59. The number of hydrogen-bond acceptors (Lipinski definition) is 1. The van der Waals surface area contributed by atoms with Gasteiger partial charge in [0, 0.05) is 5.69 Å². The summed E-state index contributed by atoms with van der Waals surface area (Å²) in [6.45, 7) is 4.33. The van der Waals surface area contributed by atoms with E-state index in [9.17, 15) is 0 Å². The summed E-state index contributed by atoms with van der Waals surface area (Å²) in [6.07, 6.45) is 4.36. The smallest absolute Gasteiger partial charge is 0.0503 e. The first kappa shape index (κ1) is 10.1. The Labute approximate surface area is 85.3 Å². The van der Waals surface area contributed by atoms with Crippen molar-refractivity contribution in [2.24, 2.45) is 0 Å². The van der Waals surface area contributed by atoms with Gasteiger partial charge >= 0.3 is 0 Å². The van der Waals surface area contributed by atoms with Gasteiger partial charge in [-0.3, -0.25) is 0 Å². The van der Waals surface area contributed by atoms with E-state index in [1.807, 2.05) is 0 Å². The average molecular weight is 196 g/mol. The van der Waals surface area contributed by atoms with Gasteiger partial charge in [0.05, 0.1) is 5.54 Å². The molecule has 1 aromatic rings. The number of benzene rings is 1. The molecule has 0 aliphatic carbocycles. The summed E-state index contributed by atoms with van der Waals surface area (Å²) >= 11 is 0. The summed E-state index contributed by atoms with van der Waals surface area (Å²) in [6, 6.07) is 8.35. The highest BCUT2D eigenvalue weighted by Gasteiger charge is 2.17. The van der Waals surface area contributed by atoms with Crippen molar-refractivity contribution in [1.29, 1.82) is 0 Å². The number of fused-ring (bicyclic) bond motifs is 1. The molecule has 1 heterocycles. The SMILES string of the molecule is CC1(C)C=Cc2ccccc2N1.Cl. The first-order chi connectivity index (χ1) is 5.67. The van der Waals surface area contributed by atoms with E-state index in [0.717, 1.165) is 0 Å². The van der Waals surface area contributed by atoms with Gasteiger partial charge in [-0.15, -0.1) is 12.4 Å². The van der Waals surface area contributed by atoms with E-state index in [1.54, 1.807) is 0 Å².